The number of ether oxygens (including phenoxy) is 1. The Morgan fingerprint density at radius 1 is 1.30 bits per heavy atom. The molecular formula is C28H32FN5O3. The number of aliphatic hydroxyl groups is 1. The zero-order valence-electron chi connectivity index (χ0n) is 21.0. The van der Waals surface area contributed by atoms with Crippen LogP contribution in [-0.2, 0) is 6.42 Å². The molecule has 3 heterocycles. The average molecular weight is 506 g/mol. The number of amides is 1. The Bertz CT molecular complexity index is 1280. The van der Waals surface area contributed by atoms with Crippen molar-refractivity contribution in [2.24, 2.45) is 0 Å². The van der Waals surface area contributed by atoms with Crippen LogP contribution in [0.15, 0.2) is 48.3 Å². The molecule has 3 aromatic rings. The normalized spacial score (nSPS) is 12.6. The zero-order valence-corrected chi connectivity index (χ0v) is 21.0. The standard InChI is InChI=1S/C26H30FN5O3.C2H2/c1-16(10-14-33)5-4-11-29-21-15-28-12-8-17(21)23-24(22-19(31-23)9-13-30-26(22)34)32-20-7-3-6-18(27)25(20)35-2;1-2/h3,5-8,12,15,29,31-33H,4,9-11,13-14H2,1-2H3,(H,30,34);1-2H/b16-5+;. The first-order valence-corrected chi connectivity index (χ1v) is 11.9. The first-order valence-electron chi connectivity index (χ1n) is 11.9. The van der Waals surface area contributed by atoms with E-state index >= 15 is 0 Å². The van der Waals surface area contributed by atoms with Crippen LogP contribution in [0.3, 0.4) is 0 Å². The van der Waals surface area contributed by atoms with Crippen molar-refractivity contribution >= 4 is 23.0 Å². The van der Waals surface area contributed by atoms with Crippen molar-refractivity contribution < 1.29 is 19.0 Å². The summed E-state index contributed by atoms with van der Waals surface area (Å²) in [5, 5.41) is 18.6. The summed E-state index contributed by atoms with van der Waals surface area (Å²) in [7, 11) is 1.41. The second kappa shape index (κ2) is 13.1. The number of hydrogen-bond acceptors (Lipinski definition) is 6. The second-order valence-corrected chi connectivity index (χ2v) is 8.34. The maximum atomic E-state index is 14.4. The van der Waals surface area contributed by atoms with Crippen LogP contribution in [0.2, 0.25) is 0 Å². The van der Waals surface area contributed by atoms with Crippen LogP contribution in [-0.4, -0.2) is 47.8 Å². The van der Waals surface area contributed by atoms with E-state index in [4.69, 9.17) is 9.84 Å². The number of nitrogens with one attached hydrogen (secondary N) is 4. The Morgan fingerprint density at radius 2 is 2.11 bits per heavy atom. The summed E-state index contributed by atoms with van der Waals surface area (Å²) in [4.78, 5) is 20.5. The van der Waals surface area contributed by atoms with E-state index < -0.39 is 5.82 Å². The van der Waals surface area contributed by atoms with E-state index in [1.807, 2.05) is 13.0 Å². The summed E-state index contributed by atoms with van der Waals surface area (Å²) in [5.74, 6) is -0.619. The van der Waals surface area contributed by atoms with Gasteiger partial charge in [0.25, 0.3) is 5.91 Å². The molecule has 194 valence electrons. The fourth-order valence-electron chi connectivity index (χ4n) is 4.21. The molecule has 1 aromatic carbocycles. The van der Waals surface area contributed by atoms with Crippen LogP contribution >= 0.6 is 0 Å². The lowest BCUT2D eigenvalue weighted by Gasteiger charge is -2.17. The quantitative estimate of drug-likeness (QED) is 0.156. The van der Waals surface area contributed by atoms with Gasteiger partial charge in [-0.15, -0.1) is 12.8 Å². The molecule has 8 nitrogen and oxygen atoms in total. The number of H-pyrrole nitrogens is 1. The summed E-state index contributed by atoms with van der Waals surface area (Å²) in [6, 6.07) is 6.49. The van der Waals surface area contributed by atoms with Gasteiger partial charge in [-0.3, -0.25) is 9.78 Å². The third-order valence-corrected chi connectivity index (χ3v) is 5.95. The number of rotatable bonds is 10. The van der Waals surface area contributed by atoms with Gasteiger partial charge in [-0.1, -0.05) is 17.7 Å². The Morgan fingerprint density at radius 3 is 2.86 bits per heavy atom. The number of carbonyl (C=O) groups is 1. The van der Waals surface area contributed by atoms with Crippen molar-refractivity contribution in [3.05, 3.63) is 65.4 Å². The van der Waals surface area contributed by atoms with Crippen LogP contribution in [0.1, 0.15) is 35.8 Å². The molecule has 1 aliphatic rings. The van der Waals surface area contributed by atoms with Crippen molar-refractivity contribution in [2.75, 3.05) is 37.4 Å². The number of terminal acetylenes is 1. The van der Waals surface area contributed by atoms with Crippen LogP contribution in [0, 0.1) is 18.7 Å². The van der Waals surface area contributed by atoms with E-state index in [9.17, 15) is 9.18 Å². The first-order chi connectivity index (χ1) is 18.0. The van der Waals surface area contributed by atoms with E-state index in [0.717, 1.165) is 28.9 Å². The van der Waals surface area contributed by atoms with Gasteiger partial charge in [0.15, 0.2) is 11.6 Å². The zero-order chi connectivity index (χ0) is 26.8. The minimum absolute atomic E-state index is 0.0720. The number of para-hydroxylation sites is 1. The van der Waals surface area contributed by atoms with Crippen molar-refractivity contribution in [2.45, 2.75) is 26.2 Å². The number of anilines is 3. The molecule has 1 aliphatic heterocycles. The number of aliphatic hydroxyl groups excluding tert-OH is 1. The van der Waals surface area contributed by atoms with Gasteiger partial charge in [-0.25, -0.2) is 4.39 Å². The minimum Gasteiger partial charge on any atom is -0.492 e. The molecule has 0 spiro atoms. The monoisotopic (exact) mass is 505 g/mol. The third-order valence-electron chi connectivity index (χ3n) is 5.95. The Hall–Kier alpha value is -4.29. The molecule has 0 radical (unpaired) electrons. The fraction of sp³-hybridized carbons (Fsp3) is 0.286. The van der Waals surface area contributed by atoms with Gasteiger partial charge in [-0.2, -0.15) is 0 Å². The molecule has 2 aromatic heterocycles. The van der Waals surface area contributed by atoms with Gasteiger partial charge >= 0.3 is 0 Å². The highest BCUT2D eigenvalue weighted by Crippen LogP contribution is 2.41. The average Bonchev–Trinajstić information content (AvgIpc) is 3.27. The predicted molar refractivity (Wildman–Crippen MR) is 145 cm³/mol. The number of carbonyl (C=O) groups excluding carboxylic acids is 1. The Labute approximate surface area is 216 Å². The summed E-state index contributed by atoms with van der Waals surface area (Å²) in [5.41, 5.74) is 5.76. The molecule has 0 saturated carbocycles. The van der Waals surface area contributed by atoms with E-state index in [-0.39, 0.29) is 18.3 Å². The maximum absolute atomic E-state index is 14.4. The summed E-state index contributed by atoms with van der Waals surface area (Å²) in [6.07, 6.45) is 15.6. The van der Waals surface area contributed by atoms with Crippen molar-refractivity contribution in [3.63, 3.8) is 0 Å². The SMILES string of the molecule is C#C.COc1c(F)cccc1Nc1c(-c2ccncc2NCC/C=C(\C)CCO)[nH]c2c1C(=O)NCC2. The second-order valence-electron chi connectivity index (χ2n) is 8.34. The molecule has 1 amide bonds. The predicted octanol–water partition coefficient (Wildman–Crippen LogP) is 4.63. The minimum atomic E-state index is -0.497. The van der Waals surface area contributed by atoms with Gasteiger partial charge in [0.1, 0.15) is 0 Å². The smallest absolute Gasteiger partial charge is 0.255 e. The summed E-state index contributed by atoms with van der Waals surface area (Å²) in [6.45, 7) is 3.34. The van der Waals surface area contributed by atoms with Gasteiger partial charge < -0.3 is 30.8 Å². The van der Waals surface area contributed by atoms with Crippen LogP contribution < -0.4 is 20.7 Å². The number of aromatic nitrogens is 2. The Balaban J connectivity index is 0.00000186. The fourth-order valence-corrected chi connectivity index (χ4v) is 4.21. The molecule has 37 heavy (non-hydrogen) atoms. The van der Waals surface area contributed by atoms with E-state index in [2.05, 4.69) is 44.8 Å². The van der Waals surface area contributed by atoms with Gasteiger partial charge in [0.2, 0.25) is 0 Å². The number of nitrogens with zero attached hydrogens (tertiary/aromatic N) is 1. The number of hydrogen-bond donors (Lipinski definition) is 5. The number of methoxy groups -OCH3 is 1. The number of benzene rings is 1. The first kappa shape index (κ1) is 27.3. The summed E-state index contributed by atoms with van der Waals surface area (Å²) < 4.78 is 19.6. The molecule has 9 heteroatoms. The maximum Gasteiger partial charge on any atom is 0.255 e. The lowest BCUT2D eigenvalue weighted by atomic mass is 10.0. The van der Waals surface area contributed by atoms with Crippen molar-refractivity contribution in [1.29, 1.82) is 0 Å². The van der Waals surface area contributed by atoms with Crippen LogP contribution in [0.4, 0.5) is 21.5 Å². The molecule has 0 saturated heterocycles. The lowest BCUT2D eigenvalue weighted by molar-refractivity contribution is 0.0947. The summed E-state index contributed by atoms with van der Waals surface area (Å²) >= 11 is 0. The van der Waals surface area contributed by atoms with Crippen molar-refractivity contribution in [3.8, 4) is 29.9 Å². The van der Waals surface area contributed by atoms with Crippen molar-refractivity contribution in [1.82, 2.24) is 15.3 Å². The van der Waals surface area contributed by atoms with Gasteiger partial charge in [-0.05, 0) is 38.0 Å². The van der Waals surface area contributed by atoms with E-state index in [1.54, 1.807) is 24.5 Å². The Kier molecular flexibility index (Phi) is 9.69. The third kappa shape index (κ3) is 6.29. The molecule has 0 bridgehead atoms. The lowest BCUT2D eigenvalue weighted by Crippen LogP contribution is -2.31. The molecule has 0 atom stereocenters. The van der Waals surface area contributed by atoms with E-state index in [1.165, 1.54) is 13.2 Å². The van der Waals surface area contributed by atoms with Gasteiger partial charge in [0, 0.05) is 43.6 Å². The van der Waals surface area contributed by atoms with E-state index in [0.29, 0.717) is 48.6 Å². The molecular weight excluding hydrogens is 473 g/mol. The molecule has 5 N–H and O–H groups in total. The highest BCUT2D eigenvalue weighted by atomic mass is 19.1. The highest BCUT2D eigenvalue weighted by molar-refractivity contribution is 6.07. The molecule has 4 rings (SSSR count). The molecule has 0 unspecified atom stereocenters. The molecule has 0 fully saturated rings. The number of halogens is 1. The largest absolute Gasteiger partial charge is 0.492 e. The molecule has 0 aliphatic carbocycles. The highest BCUT2D eigenvalue weighted by Gasteiger charge is 2.28. The van der Waals surface area contributed by atoms with Crippen LogP contribution in [0.25, 0.3) is 11.3 Å². The number of aromatic amines is 1. The number of fused-ring (bicyclic) bond motifs is 1. The van der Waals surface area contributed by atoms with Crippen LogP contribution in [0.5, 0.6) is 5.75 Å². The topological polar surface area (TPSA) is 111 Å². The van der Waals surface area contributed by atoms with Gasteiger partial charge in [0.05, 0.1) is 41.6 Å². The number of pyridine rings is 1.